The van der Waals surface area contributed by atoms with Gasteiger partial charge in [0.05, 0.1) is 0 Å². The van der Waals surface area contributed by atoms with Crippen LogP contribution in [0.3, 0.4) is 0 Å². The van der Waals surface area contributed by atoms with Crippen molar-refractivity contribution in [3.63, 3.8) is 0 Å². The monoisotopic (exact) mass is 320 g/mol. The van der Waals surface area contributed by atoms with Gasteiger partial charge >= 0.3 is 0 Å². The van der Waals surface area contributed by atoms with Gasteiger partial charge in [-0.1, -0.05) is 56.8 Å². The van der Waals surface area contributed by atoms with E-state index in [-0.39, 0.29) is 5.82 Å². The highest BCUT2D eigenvalue weighted by molar-refractivity contribution is 5.86. The van der Waals surface area contributed by atoms with Gasteiger partial charge in [0.15, 0.2) is 0 Å². The molecule has 0 aliphatic heterocycles. The minimum absolute atomic E-state index is 0.199. The van der Waals surface area contributed by atoms with Gasteiger partial charge in [-0.2, -0.15) is 0 Å². The van der Waals surface area contributed by atoms with Gasteiger partial charge in [-0.15, -0.1) is 0 Å². The zero-order chi connectivity index (χ0) is 17.3. The minimum atomic E-state index is -0.199. The van der Waals surface area contributed by atoms with Crippen LogP contribution in [0, 0.1) is 24.6 Å². The summed E-state index contributed by atoms with van der Waals surface area (Å²) in [4.78, 5) is 0. The average molecular weight is 320 g/mol. The predicted molar refractivity (Wildman–Crippen MR) is 100 cm³/mol. The topological polar surface area (TPSA) is 0 Å². The third kappa shape index (κ3) is 3.36. The zero-order valence-corrected chi connectivity index (χ0v) is 14.8. The lowest BCUT2D eigenvalue weighted by Crippen LogP contribution is -2.06. The first-order valence-electron chi connectivity index (χ1n) is 8.74. The summed E-state index contributed by atoms with van der Waals surface area (Å²) in [5, 5.41) is 0. The van der Waals surface area contributed by atoms with Gasteiger partial charge in [0, 0.05) is 0 Å². The summed E-state index contributed by atoms with van der Waals surface area (Å²) in [5.41, 5.74) is 7.30. The molecule has 0 unspecified atom stereocenters. The van der Waals surface area contributed by atoms with Gasteiger partial charge in [0.2, 0.25) is 0 Å². The van der Waals surface area contributed by atoms with E-state index in [9.17, 15) is 4.39 Å². The van der Waals surface area contributed by atoms with Gasteiger partial charge in [-0.3, -0.25) is 0 Å². The third-order valence-corrected chi connectivity index (χ3v) is 4.81. The lowest BCUT2D eigenvalue weighted by Gasteiger charge is -2.23. The van der Waals surface area contributed by atoms with Gasteiger partial charge < -0.3 is 0 Å². The van der Waals surface area contributed by atoms with E-state index in [0.29, 0.717) is 11.8 Å². The zero-order valence-electron chi connectivity index (χ0n) is 14.8. The van der Waals surface area contributed by atoms with Crippen LogP contribution < -0.4 is 0 Å². The molecule has 124 valence electrons. The second kappa shape index (κ2) is 6.76. The Morgan fingerprint density at radius 2 is 1.67 bits per heavy atom. The van der Waals surface area contributed by atoms with Crippen molar-refractivity contribution in [1.29, 1.82) is 0 Å². The molecule has 0 heterocycles. The number of aryl methyl sites for hydroxylation is 1. The molecule has 0 radical (unpaired) electrons. The summed E-state index contributed by atoms with van der Waals surface area (Å²) in [5.74, 6) is 0.787. The first-order valence-corrected chi connectivity index (χ1v) is 8.74. The van der Waals surface area contributed by atoms with Crippen molar-refractivity contribution in [3.8, 4) is 0 Å². The van der Waals surface area contributed by atoms with E-state index >= 15 is 0 Å². The molecule has 1 aliphatic carbocycles. The summed E-state index contributed by atoms with van der Waals surface area (Å²) < 4.78 is 13.5. The molecule has 0 aromatic heterocycles. The molecule has 0 spiro atoms. The fourth-order valence-electron chi connectivity index (χ4n) is 3.40. The summed E-state index contributed by atoms with van der Waals surface area (Å²) in [6.07, 6.45) is 2.47. The molecule has 0 N–H and O–H groups in total. The molecule has 24 heavy (non-hydrogen) atoms. The Bertz CT molecular complexity index is 774. The highest BCUT2D eigenvalue weighted by Crippen LogP contribution is 2.45. The largest absolute Gasteiger partial charge is 0.207 e. The predicted octanol–water partition coefficient (Wildman–Crippen LogP) is 6.56. The van der Waals surface area contributed by atoms with Crippen molar-refractivity contribution < 1.29 is 4.39 Å². The van der Waals surface area contributed by atoms with Gasteiger partial charge in [0.1, 0.15) is 5.82 Å². The molecular weight excluding hydrogens is 295 g/mol. The molecule has 1 aliphatic rings. The average Bonchev–Trinajstić information content (AvgIpc) is 3.38. The molecule has 0 saturated heterocycles. The van der Waals surface area contributed by atoms with E-state index in [4.69, 9.17) is 0 Å². The Labute approximate surface area is 144 Å². The summed E-state index contributed by atoms with van der Waals surface area (Å²) in [6.45, 7) is 11.0. The number of allylic oxidation sites excluding steroid dienone is 2. The van der Waals surface area contributed by atoms with Crippen LogP contribution in [-0.4, -0.2) is 0 Å². The molecule has 1 fully saturated rings. The number of halogens is 1. The van der Waals surface area contributed by atoms with Crippen molar-refractivity contribution in [2.24, 2.45) is 11.8 Å². The van der Waals surface area contributed by atoms with Crippen LogP contribution in [0.15, 0.2) is 66.3 Å². The van der Waals surface area contributed by atoms with E-state index in [2.05, 4.69) is 51.6 Å². The van der Waals surface area contributed by atoms with E-state index in [0.717, 1.165) is 5.56 Å². The standard InChI is InChI=1S/C23H25F/c1-15(2)22(17(4)18-9-10-18)23(19-11-13-20(24)14-12-19)21-8-6-5-7-16(21)3/h5-8,11-15,18H,4,9-10H2,1-3H3/b23-22-. The van der Waals surface area contributed by atoms with Crippen molar-refractivity contribution >= 4 is 5.57 Å². The second-order valence-corrected chi connectivity index (χ2v) is 7.06. The summed E-state index contributed by atoms with van der Waals surface area (Å²) >= 11 is 0. The van der Waals surface area contributed by atoms with Crippen molar-refractivity contribution in [3.05, 3.63) is 88.8 Å². The van der Waals surface area contributed by atoms with Crippen molar-refractivity contribution in [2.75, 3.05) is 0 Å². The summed E-state index contributed by atoms with van der Waals surface area (Å²) in [6, 6.07) is 15.3. The Morgan fingerprint density at radius 3 is 2.21 bits per heavy atom. The molecule has 0 amide bonds. The minimum Gasteiger partial charge on any atom is -0.207 e. The number of hydrogen-bond acceptors (Lipinski definition) is 0. The van der Waals surface area contributed by atoms with Gasteiger partial charge in [0.25, 0.3) is 0 Å². The Hall–Kier alpha value is -2.15. The van der Waals surface area contributed by atoms with Gasteiger partial charge in [-0.05, 0) is 77.1 Å². The van der Waals surface area contributed by atoms with Crippen molar-refractivity contribution in [2.45, 2.75) is 33.6 Å². The van der Waals surface area contributed by atoms with Crippen molar-refractivity contribution in [1.82, 2.24) is 0 Å². The van der Waals surface area contributed by atoms with Crippen LogP contribution >= 0.6 is 0 Å². The van der Waals surface area contributed by atoms with Crippen LogP contribution in [0.1, 0.15) is 43.4 Å². The molecule has 0 nitrogen and oxygen atoms in total. The number of hydrogen-bond donors (Lipinski definition) is 0. The lowest BCUT2D eigenvalue weighted by molar-refractivity contribution is 0.627. The fourth-order valence-corrected chi connectivity index (χ4v) is 3.40. The fraction of sp³-hybridized carbons (Fsp3) is 0.304. The first kappa shape index (κ1) is 16.7. The van der Waals surface area contributed by atoms with Gasteiger partial charge in [-0.25, -0.2) is 4.39 Å². The third-order valence-electron chi connectivity index (χ3n) is 4.81. The maximum absolute atomic E-state index is 13.5. The molecule has 1 saturated carbocycles. The molecule has 2 aromatic rings. The smallest absolute Gasteiger partial charge is 0.123 e. The normalized spacial score (nSPS) is 15.4. The number of benzene rings is 2. The maximum Gasteiger partial charge on any atom is 0.123 e. The Kier molecular flexibility index (Phi) is 4.71. The SMILES string of the molecule is C=C(/C(=C(/c1ccc(F)cc1)c1ccccc1C)C(C)C)C1CC1. The first-order chi connectivity index (χ1) is 11.5. The Balaban J connectivity index is 2.27. The Morgan fingerprint density at radius 1 is 1.04 bits per heavy atom. The molecule has 1 heteroatoms. The molecule has 0 bridgehead atoms. The van der Waals surface area contributed by atoms with E-state index < -0.39 is 0 Å². The lowest BCUT2D eigenvalue weighted by atomic mass is 9.82. The van der Waals surface area contributed by atoms with E-state index in [1.54, 1.807) is 12.1 Å². The van der Waals surface area contributed by atoms with E-state index in [1.165, 1.54) is 40.7 Å². The second-order valence-electron chi connectivity index (χ2n) is 7.06. The van der Waals surface area contributed by atoms with Crippen LogP contribution in [0.4, 0.5) is 4.39 Å². The van der Waals surface area contributed by atoms with Crippen LogP contribution in [0.25, 0.3) is 5.57 Å². The van der Waals surface area contributed by atoms with Crippen LogP contribution in [0.2, 0.25) is 0 Å². The molecule has 0 atom stereocenters. The molecule has 3 rings (SSSR count). The molecular formula is C23H25F. The quantitative estimate of drug-likeness (QED) is 0.547. The van der Waals surface area contributed by atoms with Crippen LogP contribution in [0.5, 0.6) is 0 Å². The maximum atomic E-state index is 13.5. The highest BCUT2D eigenvalue weighted by atomic mass is 19.1. The highest BCUT2D eigenvalue weighted by Gasteiger charge is 2.30. The number of rotatable bonds is 5. The van der Waals surface area contributed by atoms with Crippen LogP contribution in [-0.2, 0) is 0 Å². The van der Waals surface area contributed by atoms with E-state index in [1.807, 2.05) is 12.1 Å². The molecule has 2 aromatic carbocycles. The summed E-state index contributed by atoms with van der Waals surface area (Å²) in [7, 11) is 0.